The number of aliphatic hydroxyl groups is 3. The molecular formula is C13H17N5O7. The highest BCUT2D eigenvalue weighted by molar-refractivity contribution is 5.93. The average Bonchev–Trinajstić information content (AvgIpc) is 3.12. The molecule has 12 heteroatoms. The number of hydroxylamine groups is 1. The molecule has 0 spiro atoms. The molecular weight excluding hydrogens is 338 g/mol. The number of fused-ring (bicyclic) bond motifs is 1. The molecule has 0 radical (unpaired) electrons. The zero-order chi connectivity index (χ0) is 18.4. The maximum absolute atomic E-state index is 11.5. The van der Waals surface area contributed by atoms with Gasteiger partial charge in [0.15, 0.2) is 23.2 Å². The molecule has 1 fully saturated rings. The highest BCUT2D eigenvalue weighted by atomic mass is 16.6. The standard InChI is InChI=1S/C13H17N5O7/c1-13(22)8(20)6(3-19)25-11(13)17-5-16-7-9(17)14-4-15-10(7)18(23)12(21)24-2/h4-6,8,11,19-20,22-23H,3H2,1-2H3/t6-,8-,11?,13-/m1/s1. The van der Waals surface area contributed by atoms with Crippen molar-refractivity contribution in [1.29, 1.82) is 0 Å². The van der Waals surface area contributed by atoms with Crippen LogP contribution >= 0.6 is 0 Å². The van der Waals surface area contributed by atoms with Gasteiger partial charge in [-0.15, -0.1) is 5.06 Å². The van der Waals surface area contributed by atoms with E-state index in [1.54, 1.807) is 0 Å². The second-order valence-corrected chi connectivity index (χ2v) is 5.68. The van der Waals surface area contributed by atoms with Crippen molar-refractivity contribution in [3.05, 3.63) is 12.7 Å². The summed E-state index contributed by atoms with van der Waals surface area (Å²) in [5, 5.41) is 39.9. The van der Waals surface area contributed by atoms with Gasteiger partial charge in [0.1, 0.15) is 24.1 Å². The zero-order valence-electron chi connectivity index (χ0n) is 13.3. The summed E-state index contributed by atoms with van der Waals surface area (Å²) in [6.07, 6.45) is -2.20. The number of hydrogen-bond acceptors (Lipinski definition) is 10. The highest BCUT2D eigenvalue weighted by Gasteiger charge is 2.53. The fourth-order valence-electron chi connectivity index (χ4n) is 2.73. The second kappa shape index (κ2) is 6.16. The van der Waals surface area contributed by atoms with Crippen molar-refractivity contribution in [1.82, 2.24) is 19.5 Å². The van der Waals surface area contributed by atoms with E-state index in [9.17, 15) is 25.3 Å². The quantitative estimate of drug-likeness (QED) is 0.388. The summed E-state index contributed by atoms with van der Waals surface area (Å²) in [6.45, 7) is 0.853. The third-order valence-corrected chi connectivity index (χ3v) is 4.07. The number of imidazole rings is 1. The van der Waals surface area contributed by atoms with Crippen LogP contribution in [-0.4, -0.2) is 77.7 Å². The lowest BCUT2D eigenvalue weighted by molar-refractivity contribution is -0.0950. The molecule has 2 aromatic rings. The maximum Gasteiger partial charge on any atom is 0.439 e. The van der Waals surface area contributed by atoms with E-state index in [2.05, 4.69) is 19.7 Å². The molecule has 0 aromatic carbocycles. The molecule has 136 valence electrons. The molecule has 3 heterocycles. The number of ether oxygens (including phenoxy) is 2. The van der Waals surface area contributed by atoms with Crippen molar-refractivity contribution >= 4 is 23.1 Å². The van der Waals surface area contributed by atoms with Gasteiger partial charge >= 0.3 is 6.09 Å². The van der Waals surface area contributed by atoms with Gasteiger partial charge < -0.3 is 24.8 Å². The van der Waals surface area contributed by atoms with E-state index in [0.717, 1.165) is 13.4 Å². The predicted molar refractivity (Wildman–Crippen MR) is 79.6 cm³/mol. The predicted octanol–water partition coefficient (Wildman–Crippen LogP) is -1.21. The van der Waals surface area contributed by atoms with Crippen molar-refractivity contribution in [3.8, 4) is 0 Å². The number of amides is 1. The van der Waals surface area contributed by atoms with Crippen molar-refractivity contribution in [3.63, 3.8) is 0 Å². The van der Waals surface area contributed by atoms with Crippen molar-refractivity contribution in [2.75, 3.05) is 18.8 Å². The Morgan fingerprint density at radius 2 is 2.20 bits per heavy atom. The molecule has 4 atom stereocenters. The maximum atomic E-state index is 11.5. The van der Waals surface area contributed by atoms with Crippen molar-refractivity contribution in [2.24, 2.45) is 0 Å². The van der Waals surface area contributed by atoms with Crippen LogP contribution in [0.3, 0.4) is 0 Å². The number of aliphatic hydroxyl groups excluding tert-OH is 2. The topological polar surface area (TPSA) is 163 Å². The van der Waals surface area contributed by atoms with Gasteiger partial charge in [0.2, 0.25) is 0 Å². The van der Waals surface area contributed by atoms with Crippen LogP contribution in [0.4, 0.5) is 10.6 Å². The van der Waals surface area contributed by atoms with Crippen LogP contribution in [0.25, 0.3) is 11.2 Å². The number of anilines is 1. The Morgan fingerprint density at radius 1 is 1.48 bits per heavy atom. The molecule has 1 unspecified atom stereocenters. The molecule has 1 aliphatic heterocycles. The van der Waals surface area contributed by atoms with Crippen LogP contribution in [0.1, 0.15) is 13.2 Å². The Balaban J connectivity index is 2.07. The Morgan fingerprint density at radius 3 is 2.80 bits per heavy atom. The lowest BCUT2D eigenvalue weighted by Gasteiger charge is -2.27. The van der Waals surface area contributed by atoms with Gasteiger partial charge in [0.05, 0.1) is 20.0 Å². The number of hydrogen-bond donors (Lipinski definition) is 4. The fraction of sp³-hybridized carbons (Fsp3) is 0.538. The summed E-state index contributed by atoms with van der Waals surface area (Å²) >= 11 is 0. The normalized spacial score (nSPS) is 29.1. The van der Waals surface area contributed by atoms with Gasteiger partial charge in [0, 0.05) is 0 Å². The Labute approximate surface area is 140 Å². The van der Waals surface area contributed by atoms with Gasteiger partial charge in [-0.2, -0.15) is 0 Å². The third-order valence-electron chi connectivity index (χ3n) is 4.07. The summed E-state index contributed by atoms with van der Waals surface area (Å²) in [7, 11) is 1.09. The first-order valence-electron chi connectivity index (χ1n) is 7.24. The number of aromatic nitrogens is 4. The minimum absolute atomic E-state index is 0.0386. The lowest BCUT2D eigenvalue weighted by Crippen LogP contribution is -2.44. The Hall–Kier alpha value is -2.38. The van der Waals surface area contributed by atoms with Gasteiger partial charge in [-0.1, -0.05) is 0 Å². The zero-order valence-corrected chi connectivity index (χ0v) is 13.3. The molecule has 3 rings (SSSR count). The monoisotopic (exact) mass is 355 g/mol. The van der Waals surface area contributed by atoms with Crippen LogP contribution < -0.4 is 5.06 Å². The van der Waals surface area contributed by atoms with E-state index < -0.39 is 36.7 Å². The van der Waals surface area contributed by atoms with E-state index in [1.165, 1.54) is 17.8 Å². The molecule has 25 heavy (non-hydrogen) atoms. The van der Waals surface area contributed by atoms with E-state index in [4.69, 9.17) is 4.74 Å². The highest BCUT2D eigenvalue weighted by Crippen LogP contribution is 2.39. The van der Waals surface area contributed by atoms with Gasteiger partial charge in [-0.3, -0.25) is 9.77 Å². The fourth-order valence-corrected chi connectivity index (χ4v) is 2.73. The van der Waals surface area contributed by atoms with E-state index in [-0.39, 0.29) is 22.0 Å². The molecule has 1 amide bonds. The third kappa shape index (κ3) is 2.60. The molecule has 0 aliphatic carbocycles. The molecule has 1 saturated heterocycles. The Bertz CT molecular complexity index is 794. The molecule has 2 aromatic heterocycles. The average molecular weight is 355 g/mol. The molecule has 0 saturated carbocycles. The molecule has 12 nitrogen and oxygen atoms in total. The van der Waals surface area contributed by atoms with Crippen LogP contribution in [0.15, 0.2) is 12.7 Å². The molecule has 0 bridgehead atoms. The summed E-state index contributed by atoms with van der Waals surface area (Å²) in [5.41, 5.74) is -1.58. The van der Waals surface area contributed by atoms with E-state index >= 15 is 0 Å². The number of carbonyl (C=O) groups excluding carboxylic acids is 1. The minimum atomic E-state index is -1.74. The Kier molecular flexibility index (Phi) is 4.30. The van der Waals surface area contributed by atoms with Crippen LogP contribution in [-0.2, 0) is 9.47 Å². The van der Waals surface area contributed by atoms with Crippen LogP contribution in [0.5, 0.6) is 0 Å². The summed E-state index contributed by atoms with van der Waals surface area (Å²) in [6, 6.07) is 0. The number of rotatable bonds is 3. The van der Waals surface area contributed by atoms with E-state index in [0.29, 0.717) is 0 Å². The minimum Gasteiger partial charge on any atom is -0.451 e. The summed E-state index contributed by atoms with van der Waals surface area (Å²) in [4.78, 5) is 23.3. The smallest absolute Gasteiger partial charge is 0.439 e. The lowest BCUT2D eigenvalue weighted by atomic mass is 9.96. The molecule has 1 aliphatic rings. The van der Waals surface area contributed by atoms with Gasteiger partial charge in [0.25, 0.3) is 0 Å². The van der Waals surface area contributed by atoms with Gasteiger partial charge in [-0.25, -0.2) is 19.7 Å². The SMILES string of the molecule is COC(=O)N(O)c1ncnc2c1ncn2C1O[C@H](CO)[C@@H](O)[C@@]1(C)O. The van der Waals surface area contributed by atoms with Gasteiger partial charge in [-0.05, 0) is 6.92 Å². The van der Waals surface area contributed by atoms with Crippen molar-refractivity contribution in [2.45, 2.75) is 31.0 Å². The summed E-state index contributed by atoms with van der Waals surface area (Å²) in [5.74, 6) is -0.229. The second-order valence-electron chi connectivity index (χ2n) is 5.68. The first kappa shape index (κ1) is 17.4. The first-order valence-corrected chi connectivity index (χ1v) is 7.24. The number of methoxy groups -OCH3 is 1. The van der Waals surface area contributed by atoms with Crippen molar-refractivity contribution < 1.29 is 34.8 Å². The van der Waals surface area contributed by atoms with E-state index in [1.807, 2.05) is 0 Å². The largest absolute Gasteiger partial charge is 0.451 e. The first-order chi connectivity index (χ1) is 11.8. The number of carbonyl (C=O) groups is 1. The van der Waals surface area contributed by atoms with Crippen LogP contribution in [0, 0.1) is 0 Å². The molecule has 4 N–H and O–H groups in total. The number of nitrogens with zero attached hydrogens (tertiary/aromatic N) is 5. The van der Waals surface area contributed by atoms with Crippen LogP contribution in [0.2, 0.25) is 0 Å². The summed E-state index contributed by atoms with van der Waals surface area (Å²) < 4.78 is 11.2.